The Labute approximate surface area is 239 Å². The van der Waals surface area contributed by atoms with E-state index in [1.165, 1.54) is 45.8 Å². The number of aryl methyl sites for hydroxylation is 2. The fourth-order valence-electron chi connectivity index (χ4n) is 5.89. The molecule has 4 aromatic rings. The third-order valence-corrected chi connectivity index (χ3v) is 8.35. The maximum absolute atomic E-state index is 9.68. The summed E-state index contributed by atoms with van der Waals surface area (Å²) in [5, 5.41) is 23.6. The Morgan fingerprint density at radius 3 is 2.59 bits per heavy atom. The van der Waals surface area contributed by atoms with Gasteiger partial charge >= 0.3 is 0 Å². The van der Waals surface area contributed by atoms with Gasteiger partial charge in [0.25, 0.3) is 0 Å². The Morgan fingerprint density at radius 2 is 1.85 bits per heavy atom. The highest BCUT2D eigenvalue weighted by Gasteiger charge is 2.30. The Kier molecular flexibility index (Phi) is 7.52. The molecule has 4 heterocycles. The number of hydrogen-bond donors (Lipinski definition) is 2. The van der Waals surface area contributed by atoms with Crippen molar-refractivity contribution in [3.05, 3.63) is 87.6 Å². The Morgan fingerprint density at radius 1 is 1.05 bits per heavy atom. The number of aliphatic hydroxyl groups excluding tert-OH is 1. The number of ether oxygens (including phenoxy) is 3. The van der Waals surface area contributed by atoms with Crippen molar-refractivity contribution < 1.29 is 24.4 Å². The molecule has 0 unspecified atom stereocenters. The number of hydrogen-bond acceptors (Lipinski definition) is 8. The van der Waals surface area contributed by atoms with E-state index in [0.29, 0.717) is 24.2 Å². The Bertz CT molecular complexity index is 1580. The lowest BCUT2D eigenvalue weighted by Gasteiger charge is -2.41. The summed E-state index contributed by atoms with van der Waals surface area (Å²) in [4.78, 5) is 7.39. The maximum atomic E-state index is 9.68. The minimum absolute atomic E-state index is 0.166. The number of methoxy groups -OCH3 is 1. The minimum Gasteiger partial charge on any atom is -0.488 e. The number of pyridine rings is 1. The van der Waals surface area contributed by atoms with Gasteiger partial charge in [0.15, 0.2) is 12.1 Å². The van der Waals surface area contributed by atoms with Crippen molar-refractivity contribution in [2.24, 2.45) is 0 Å². The van der Waals surface area contributed by atoms with Crippen LogP contribution in [0.3, 0.4) is 0 Å². The number of fused-ring (bicyclic) bond motifs is 1. The van der Waals surface area contributed by atoms with Gasteiger partial charge in [0.2, 0.25) is 5.88 Å². The number of aromatic nitrogens is 3. The van der Waals surface area contributed by atoms with E-state index in [1.807, 2.05) is 37.3 Å². The third kappa shape index (κ3) is 5.10. The average Bonchev–Trinajstić information content (AvgIpc) is 3.38. The SMILES string of the molecule is COc1c(C(O)O)cnn1-c1cccc(-c2cccc(C)c2OCc2cc(C)c3c(c2C)CCN(C2COC2)C3)n1. The van der Waals surface area contributed by atoms with Gasteiger partial charge in [0, 0.05) is 18.7 Å². The Balaban J connectivity index is 1.28. The predicted octanol–water partition coefficient (Wildman–Crippen LogP) is 4.19. The zero-order chi connectivity index (χ0) is 28.7. The van der Waals surface area contributed by atoms with Crippen LogP contribution in [0.5, 0.6) is 11.6 Å². The molecule has 214 valence electrons. The lowest BCUT2D eigenvalue weighted by atomic mass is 9.88. The molecule has 9 heteroatoms. The fraction of sp³-hybridized carbons (Fsp3) is 0.375. The molecule has 0 saturated carbocycles. The first-order chi connectivity index (χ1) is 19.9. The van der Waals surface area contributed by atoms with Gasteiger partial charge < -0.3 is 24.4 Å². The van der Waals surface area contributed by atoms with Crippen LogP contribution in [0.4, 0.5) is 0 Å². The number of benzene rings is 2. The molecular weight excluding hydrogens is 520 g/mol. The maximum Gasteiger partial charge on any atom is 0.226 e. The number of aliphatic hydroxyl groups is 2. The van der Waals surface area contributed by atoms with Crippen LogP contribution in [0, 0.1) is 20.8 Å². The third-order valence-electron chi connectivity index (χ3n) is 8.35. The van der Waals surface area contributed by atoms with E-state index in [4.69, 9.17) is 19.2 Å². The second kappa shape index (κ2) is 11.3. The minimum atomic E-state index is -1.70. The summed E-state index contributed by atoms with van der Waals surface area (Å²) >= 11 is 0. The van der Waals surface area contributed by atoms with Crippen molar-refractivity contribution in [2.75, 3.05) is 26.9 Å². The quantitative estimate of drug-likeness (QED) is 0.312. The summed E-state index contributed by atoms with van der Waals surface area (Å²) in [5.41, 5.74) is 9.51. The van der Waals surface area contributed by atoms with Crippen molar-refractivity contribution in [1.29, 1.82) is 0 Å². The number of para-hydroxylation sites is 1. The largest absolute Gasteiger partial charge is 0.488 e. The van der Waals surface area contributed by atoms with Crippen molar-refractivity contribution in [1.82, 2.24) is 19.7 Å². The van der Waals surface area contributed by atoms with Gasteiger partial charge in [-0.05, 0) is 78.8 Å². The van der Waals surface area contributed by atoms with Gasteiger partial charge in [-0.25, -0.2) is 4.98 Å². The van der Waals surface area contributed by atoms with E-state index < -0.39 is 6.29 Å². The molecule has 0 radical (unpaired) electrons. The summed E-state index contributed by atoms with van der Waals surface area (Å²) in [7, 11) is 1.46. The molecular formula is C32H36N4O5. The first-order valence-electron chi connectivity index (χ1n) is 14.0. The van der Waals surface area contributed by atoms with Gasteiger partial charge in [-0.15, -0.1) is 0 Å². The molecule has 1 fully saturated rings. The van der Waals surface area contributed by atoms with Gasteiger partial charge in [-0.2, -0.15) is 9.78 Å². The van der Waals surface area contributed by atoms with Gasteiger partial charge in [-0.3, -0.25) is 4.90 Å². The molecule has 2 aromatic carbocycles. The van der Waals surface area contributed by atoms with Crippen LogP contribution >= 0.6 is 0 Å². The van der Waals surface area contributed by atoms with Gasteiger partial charge in [0.05, 0.1) is 43.8 Å². The topological polar surface area (TPSA) is 102 Å². The number of nitrogens with zero attached hydrogens (tertiary/aromatic N) is 4. The monoisotopic (exact) mass is 556 g/mol. The molecule has 0 amide bonds. The van der Waals surface area contributed by atoms with E-state index in [0.717, 1.165) is 49.6 Å². The highest BCUT2D eigenvalue weighted by molar-refractivity contribution is 5.70. The predicted molar refractivity (Wildman–Crippen MR) is 154 cm³/mol. The summed E-state index contributed by atoms with van der Waals surface area (Å²) in [6.45, 7) is 10.7. The molecule has 1 saturated heterocycles. The second-order valence-corrected chi connectivity index (χ2v) is 10.9. The number of rotatable bonds is 8. The zero-order valence-electron chi connectivity index (χ0n) is 23.9. The van der Waals surface area contributed by atoms with Crippen LogP contribution in [0.2, 0.25) is 0 Å². The molecule has 0 spiro atoms. The highest BCUT2D eigenvalue weighted by Crippen LogP contribution is 2.35. The summed E-state index contributed by atoms with van der Waals surface area (Å²) < 4.78 is 18.9. The van der Waals surface area contributed by atoms with E-state index in [2.05, 4.69) is 29.9 Å². The normalized spacial score (nSPS) is 15.6. The molecule has 2 aliphatic heterocycles. The first kappa shape index (κ1) is 27.4. The molecule has 0 bridgehead atoms. The highest BCUT2D eigenvalue weighted by atomic mass is 16.5. The molecule has 0 atom stereocenters. The van der Waals surface area contributed by atoms with Crippen LogP contribution in [-0.2, 0) is 24.3 Å². The van der Waals surface area contributed by atoms with Crippen molar-refractivity contribution >= 4 is 0 Å². The van der Waals surface area contributed by atoms with Gasteiger partial charge in [0.1, 0.15) is 12.4 Å². The van der Waals surface area contributed by atoms with Crippen molar-refractivity contribution in [3.8, 4) is 28.7 Å². The summed E-state index contributed by atoms with van der Waals surface area (Å²) in [6, 6.07) is 14.5. The van der Waals surface area contributed by atoms with Crippen molar-refractivity contribution in [2.45, 2.75) is 52.7 Å². The zero-order valence-corrected chi connectivity index (χ0v) is 23.9. The molecule has 0 aliphatic carbocycles. The lowest BCUT2D eigenvalue weighted by molar-refractivity contribution is -0.0695. The fourth-order valence-corrected chi connectivity index (χ4v) is 5.89. The standard InChI is InChI=1S/C32H36N4O5/c1-19-7-5-8-25(28-9-6-10-29(34-28)36-31(39-4)26(14-33-36)32(37)38)30(19)41-16-22-13-20(2)27-15-35(23-17-40-18-23)12-11-24(27)21(22)3/h5-10,13-14,23,32,37-38H,11-12,15-18H2,1-4H3. The summed E-state index contributed by atoms with van der Waals surface area (Å²) in [6.07, 6.45) is 0.705. The first-order valence-corrected chi connectivity index (χ1v) is 14.0. The summed E-state index contributed by atoms with van der Waals surface area (Å²) in [5.74, 6) is 1.48. The Hall–Kier alpha value is -3.76. The molecule has 6 rings (SSSR count). The van der Waals surface area contributed by atoms with Crippen LogP contribution in [-0.4, -0.2) is 62.8 Å². The molecule has 2 N–H and O–H groups in total. The second-order valence-electron chi connectivity index (χ2n) is 10.9. The van der Waals surface area contributed by atoms with Crippen molar-refractivity contribution in [3.63, 3.8) is 0 Å². The van der Waals surface area contributed by atoms with E-state index in [-0.39, 0.29) is 11.4 Å². The lowest BCUT2D eigenvalue weighted by Crippen LogP contribution is -2.50. The average molecular weight is 557 g/mol. The molecule has 41 heavy (non-hydrogen) atoms. The van der Waals surface area contributed by atoms with Crippen LogP contribution < -0.4 is 9.47 Å². The smallest absolute Gasteiger partial charge is 0.226 e. The molecule has 2 aliphatic rings. The molecule has 2 aromatic heterocycles. The van der Waals surface area contributed by atoms with E-state index in [9.17, 15) is 10.2 Å². The van der Waals surface area contributed by atoms with E-state index >= 15 is 0 Å². The van der Waals surface area contributed by atoms with Crippen LogP contribution in [0.15, 0.2) is 48.7 Å². The molecule has 9 nitrogen and oxygen atoms in total. The van der Waals surface area contributed by atoms with Crippen LogP contribution in [0.1, 0.15) is 45.2 Å². The van der Waals surface area contributed by atoms with E-state index in [1.54, 1.807) is 6.07 Å². The van der Waals surface area contributed by atoms with Gasteiger partial charge in [-0.1, -0.05) is 24.3 Å². The van der Waals surface area contributed by atoms with Crippen LogP contribution in [0.25, 0.3) is 17.1 Å².